The van der Waals surface area contributed by atoms with Crippen molar-refractivity contribution in [3.63, 3.8) is 0 Å². The van der Waals surface area contributed by atoms with Crippen molar-refractivity contribution in [2.75, 3.05) is 32.6 Å². The zero-order chi connectivity index (χ0) is 13.8. The Hall–Kier alpha value is -1.66. The predicted octanol–water partition coefficient (Wildman–Crippen LogP) is 0.533. The van der Waals surface area contributed by atoms with Gasteiger partial charge in [-0.2, -0.15) is 0 Å². The van der Waals surface area contributed by atoms with E-state index < -0.39 is 0 Å². The third-order valence-electron chi connectivity index (χ3n) is 3.57. The summed E-state index contributed by atoms with van der Waals surface area (Å²) in [7, 11) is 4.11. The number of piperidine rings is 1. The summed E-state index contributed by atoms with van der Waals surface area (Å²) in [6, 6.07) is 3.84. The monoisotopic (exact) mass is 263 g/mol. The number of anilines is 1. The Balaban J connectivity index is 2.10. The van der Waals surface area contributed by atoms with Gasteiger partial charge in [0.2, 0.25) is 0 Å². The fourth-order valence-electron chi connectivity index (χ4n) is 2.39. The Morgan fingerprint density at radius 1 is 1.58 bits per heavy atom. The van der Waals surface area contributed by atoms with E-state index in [4.69, 9.17) is 5.84 Å². The van der Waals surface area contributed by atoms with Crippen LogP contribution in [-0.4, -0.2) is 53.9 Å². The quantitative estimate of drug-likeness (QED) is 0.615. The number of amides is 1. The second kappa shape index (κ2) is 5.99. The highest BCUT2D eigenvalue weighted by Crippen LogP contribution is 2.17. The van der Waals surface area contributed by atoms with Crippen molar-refractivity contribution in [2.45, 2.75) is 18.9 Å². The summed E-state index contributed by atoms with van der Waals surface area (Å²) >= 11 is 0. The highest BCUT2D eigenvalue weighted by atomic mass is 16.2. The topological polar surface area (TPSA) is 74.5 Å². The van der Waals surface area contributed by atoms with Crippen LogP contribution in [0.15, 0.2) is 18.3 Å². The lowest BCUT2D eigenvalue weighted by atomic mass is 10.0. The number of nitrogens with zero attached hydrogens (tertiary/aromatic N) is 3. The first-order valence-electron chi connectivity index (χ1n) is 6.50. The molecule has 1 aromatic heterocycles. The lowest BCUT2D eigenvalue weighted by molar-refractivity contribution is 0.0635. The molecule has 1 fully saturated rings. The van der Waals surface area contributed by atoms with Crippen molar-refractivity contribution in [3.05, 3.63) is 23.9 Å². The van der Waals surface area contributed by atoms with Crippen LogP contribution in [0.1, 0.15) is 23.2 Å². The van der Waals surface area contributed by atoms with Gasteiger partial charge in [-0.25, -0.2) is 10.8 Å². The standard InChI is InChI=1S/C13H21N5O/c1-17(2)11-4-3-7-18(9-11)13(19)10-5-6-15-12(8-10)16-14/h5-6,8,11H,3-4,7,9,14H2,1-2H3,(H,15,16). The van der Waals surface area contributed by atoms with E-state index in [1.54, 1.807) is 18.3 Å². The highest BCUT2D eigenvalue weighted by Gasteiger charge is 2.25. The fourth-order valence-corrected chi connectivity index (χ4v) is 2.39. The zero-order valence-electron chi connectivity index (χ0n) is 11.5. The predicted molar refractivity (Wildman–Crippen MR) is 74.7 cm³/mol. The smallest absolute Gasteiger partial charge is 0.254 e. The summed E-state index contributed by atoms with van der Waals surface area (Å²) in [5.74, 6) is 5.87. The maximum atomic E-state index is 12.4. The summed E-state index contributed by atoms with van der Waals surface area (Å²) in [6.07, 6.45) is 3.78. The van der Waals surface area contributed by atoms with Crippen LogP contribution in [0.5, 0.6) is 0 Å². The third kappa shape index (κ3) is 3.21. The van der Waals surface area contributed by atoms with Crippen LogP contribution in [0.3, 0.4) is 0 Å². The number of hydrazine groups is 1. The average molecular weight is 263 g/mol. The van der Waals surface area contributed by atoms with E-state index in [0.29, 0.717) is 17.4 Å². The molecule has 19 heavy (non-hydrogen) atoms. The molecule has 6 nitrogen and oxygen atoms in total. The number of carbonyl (C=O) groups excluding carboxylic acids is 1. The molecule has 1 saturated heterocycles. The molecular formula is C13H21N5O. The van der Waals surface area contributed by atoms with Gasteiger partial charge in [0.05, 0.1) is 0 Å². The largest absolute Gasteiger partial charge is 0.337 e. The summed E-state index contributed by atoms with van der Waals surface area (Å²) in [4.78, 5) is 20.5. The molecule has 0 saturated carbocycles. The SMILES string of the molecule is CN(C)C1CCCN(C(=O)c2ccnc(NN)c2)C1. The van der Waals surface area contributed by atoms with Crippen molar-refractivity contribution < 1.29 is 4.79 Å². The number of nitrogens with two attached hydrogens (primary N) is 1. The number of aromatic nitrogens is 1. The molecule has 3 N–H and O–H groups in total. The van der Waals surface area contributed by atoms with Crippen LogP contribution >= 0.6 is 0 Å². The zero-order valence-corrected chi connectivity index (χ0v) is 11.5. The normalized spacial score (nSPS) is 19.6. The van der Waals surface area contributed by atoms with Gasteiger partial charge in [-0.15, -0.1) is 0 Å². The molecule has 0 aromatic carbocycles. The van der Waals surface area contributed by atoms with Crippen molar-refractivity contribution in [1.82, 2.24) is 14.8 Å². The maximum absolute atomic E-state index is 12.4. The van der Waals surface area contributed by atoms with Gasteiger partial charge in [0.15, 0.2) is 0 Å². The molecule has 1 aliphatic rings. The number of hydrogen-bond donors (Lipinski definition) is 2. The van der Waals surface area contributed by atoms with Crippen LogP contribution in [0, 0.1) is 0 Å². The number of rotatable bonds is 3. The van der Waals surface area contributed by atoms with Crippen LogP contribution in [0.2, 0.25) is 0 Å². The van der Waals surface area contributed by atoms with Crippen molar-refractivity contribution in [2.24, 2.45) is 5.84 Å². The lowest BCUT2D eigenvalue weighted by Crippen LogP contribution is -2.47. The molecule has 1 aliphatic heterocycles. The number of hydrogen-bond acceptors (Lipinski definition) is 5. The minimum absolute atomic E-state index is 0.0467. The van der Waals surface area contributed by atoms with Gasteiger partial charge in [-0.1, -0.05) is 0 Å². The van der Waals surface area contributed by atoms with Gasteiger partial charge in [0, 0.05) is 30.9 Å². The van der Waals surface area contributed by atoms with Gasteiger partial charge in [0.1, 0.15) is 5.82 Å². The molecular weight excluding hydrogens is 242 g/mol. The number of pyridine rings is 1. The van der Waals surface area contributed by atoms with E-state index in [1.807, 2.05) is 4.90 Å². The summed E-state index contributed by atoms with van der Waals surface area (Å²) in [5, 5.41) is 0. The summed E-state index contributed by atoms with van der Waals surface area (Å²) in [6.45, 7) is 1.59. The minimum Gasteiger partial charge on any atom is -0.337 e. The molecule has 1 atom stereocenters. The summed E-state index contributed by atoms with van der Waals surface area (Å²) in [5.41, 5.74) is 3.09. The number of nitrogens with one attached hydrogen (secondary N) is 1. The second-order valence-corrected chi connectivity index (χ2v) is 5.08. The fraction of sp³-hybridized carbons (Fsp3) is 0.538. The lowest BCUT2D eigenvalue weighted by Gasteiger charge is -2.36. The number of likely N-dealkylation sites (N-methyl/N-ethyl adjacent to an activating group) is 1. The average Bonchev–Trinajstić information content (AvgIpc) is 2.46. The van der Waals surface area contributed by atoms with Gasteiger partial charge in [-0.05, 0) is 39.1 Å². The molecule has 6 heteroatoms. The first kappa shape index (κ1) is 13.8. The molecule has 104 valence electrons. The summed E-state index contributed by atoms with van der Waals surface area (Å²) < 4.78 is 0. The van der Waals surface area contributed by atoms with E-state index in [2.05, 4.69) is 29.4 Å². The van der Waals surface area contributed by atoms with Crippen LogP contribution in [0.4, 0.5) is 5.82 Å². The number of nitrogen functional groups attached to an aromatic ring is 1. The molecule has 1 unspecified atom stereocenters. The Bertz CT molecular complexity index is 448. The first-order valence-corrected chi connectivity index (χ1v) is 6.50. The molecule has 2 heterocycles. The number of carbonyl (C=O) groups is 1. The highest BCUT2D eigenvalue weighted by molar-refractivity contribution is 5.94. The molecule has 0 aliphatic carbocycles. The number of likely N-dealkylation sites (tertiary alicyclic amines) is 1. The molecule has 2 rings (SSSR count). The maximum Gasteiger partial charge on any atom is 0.254 e. The van der Waals surface area contributed by atoms with Gasteiger partial charge in [-0.3, -0.25) is 4.79 Å². The van der Waals surface area contributed by atoms with Crippen molar-refractivity contribution in [1.29, 1.82) is 0 Å². The molecule has 0 spiro atoms. The van der Waals surface area contributed by atoms with E-state index in [0.717, 1.165) is 25.9 Å². The second-order valence-electron chi connectivity index (χ2n) is 5.08. The van der Waals surface area contributed by atoms with E-state index in [1.165, 1.54) is 0 Å². The minimum atomic E-state index is 0.0467. The molecule has 1 amide bonds. The molecule has 0 bridgehead atoms. The Morgan fingerprint density at radius 2 is 2.37 bits per heavy atom. The Labute approximate surface area is 113 Å². The Morgan fingerprint density at radius 3 is 3.05 bits per heavy atom. The first-order chi connectivity index (χ1) is 9.11. The van der Waals surface area contributed by atoms with Crippen LogP contribution < -0.4 is 11.3 Å². The van der Waals surface area contributed by atoms with Crippen LogP contribution in [-0.2, 0) is 0 Å². The van der Waals surface area contributed by atoms with Crippen molar-refractivity contribution in [3.8, 4) is 0 Å². The molecule has 1 aromatic rings. The van der Waals surface area contributed by atoms with Gasteiger partial charge in [0.25, 0.3) is 5.91 Å². The van der Waals surface area contributed by atoms with E-state index in [9.17, 15) is 4.79 Å². The van der Waals surface area contributed by atoms with Gasteiger partial charge >= 0.3 is 0 Å². The van der Waals surface area contributed by atoms with E-state index in [-0.39, 0.29) is 5.91 Å². The van der Waals surface area contributed by atoms with Crippen LogP contribution in [0.25, 0.3) is 0 Å². The van der Waals surface area contributed by atoms with E-state index >= 15 is 0 Å². The molecule has 0 radical (unpaired) electrons. The van der Waals surface area contributed by atoms with Crippen molar-refractivity contribution >= 4 is 11.7 Å². The third-order valence-corrected chi connectivity index (χ3v) is 3.57. The Kier molecular flexibility index (Phi) is 4.34. The van der Waals surface area contributed by atoms with Gasteiger partial charge < -0.3 is 15.2 Å².